The molecule has 29 heavy (non-hydrogen) atoms. The van der Waals surface area contributed by atoms with Gasteiger partial charge in [-0.15, -0.1) is 0 Å². The number of thioether (sulfide) groups is 1. The van der Waals surface area contributed by atoms with E-state index in [4.69, 9.17) is 4.52 Å². The second kappa shape index (κ2) is 8.52. The van der Waals surface area contributed by atoms with Crippen LogP contribution in [0.25, 0.3) is 11.3 Å². The van der Waals surface area contributed by atoms with Crippen LogP contribution in [-0.4, -0.2) is 33.3 Å². The Hall–Kier alpha value is -3.07. The van der Waals surface area contributed by atoms with Crippen LogP contribution in [0.5, 0.6) is 0 Å². The highest BCUT2D eigenvalue weighted by atomic mass is 32.2. The van der Waals surface area contributed by atoms with Crippen molar-refractivity contribution >= 4 is 29.4 Å². The topological polar surface area (TPSA) is 102 Å². The van der Waals surface area contributed by atoms with E-state index in [9.17, 15) is 9.59 Å². The van der Waals surface area contributed by atoms with Gasteiger partial charge in [-0.1, -0.05) is 42.4 Å². The van der Waals surface area contributed by atoms with Crippen LogP contribution in [0, 0.1) is 0 Å². The molecular weight excluding hydrogens is 390 g/mol. The number of aromatic nitrogens is 3. The Bertz CT molecular complexity index is 1030. The Labute approximate surface area is 172 Å². The van der Waals surface area contributed by atoms with Crippen LogP contribution in [0.1, 0.15) is 35.1 Å². The number of amides is 2. The van der Waals surface area contributed by atoms with Crippen LogP contribution in [-0.2, 0) is 22.8 Å². The molecule has 0 saturated heterocycles. The highest BCUT2D eigenvalue weighted by Gasteiger charge is 2.26. The molecule has 2 N–H and O–H groups in total. The number of nitrogens with one attached hydrogen (secondary N) is 2. The molecule has 2 amide bonds. The smallest absolute Gasteiger partial charge is 0.279 e. The maximum absolute atomic E-state index is 12.8. The molecular formula is C20H21N5O3S. The summed E-state index contributed by atoms with van der Waals surface area (Å²) in [4.78, 5) is 24.9. The SMILES string of the molecule is CCCNC(=O)Cn1nc2c(c1NC(=O)c1cc(-c3ccccc3)on1)CSC2. The molecule has 2 aromatic heterocycles. The molecule has 9 heteroatoms. The van der Waals surface area contributed by atoms with Crippen molar-refractivity contribution in [1.82, 2.24) is 20.3 Å². The molecule has 150 valence electrons. The number of nitrogens with zero attached hydrogens (tertiary/aromatic N) is 3. The van der Waals surface area contributed by atoms with Gasteiger partial charge in [0.15, 0.2) is 11.5 Å². The minimum Gasteiger partial charge on any atom is -0.355 e. The number of carbonyl (C=O) groups excluding carboxylic acids is 2. The van der Waals surface area contributed by atoms with Crippen LogP contribution in [0.15, 0.2) is 40.9 Å². The van der Waals surface area contributed by atoms with Crippen LogP contribution in [0.3, 0.4) is 0 Å². The van der Waals surface area contributed by atoms with Gasteiger partial charge in [-0.3, -0.25) is 9.59 Å². The summed E-state index contributed by atoms with van der Waals surface area (Å²) >= 11 is 1.73. The number of rotatable bonds is 7. The van der Waals surface area contributed by atoms with E-state index < -0.39 is 5.91 Å². The second-order valence-corrected chi connectivity index (χ2v) is 7.66. The van der Waals surface area contributed by atoms with Gasteiger partial charge < -0.3 is 15.2 Å². The summed E-state index contributed by atoms with van der Waals surface area (Å²) in [6, 6.07) is 11.1. The van der Waals surface area contributed by atoms with Crippen molar-refractivity contribution in [3.05, 3.63) is 53.3 Å². The van der Waals surface area contributed by atoms with Gasteiger partial charge in [0.2, 0.25) is 5.91 Å². The molecule has 3 aromatic rings. The highest BCUT2D eigenvalue weighted by molar-refractivity contribution is 7.98. The Balaban J connectivity index is 1.54. The number of hydrogen-bond acceptors (Lipinski definition) is 6. The zero-order valence-corrected chi connectivity index (χ0v) is 16.8. The first-order chi connectivity index (χ1) is 14.2. The third-order valence-electron chi connectivity index (χ3n) is 4.52. The molecule has 0 bridgehead atoms. The first kappa shape index (κ1) is 19.3. The summed E-state index contributed by atoms with van der Waals surface area (Å²) in [5, 5.41) is 14.1. The van der Waals surface area contributed by atoms with Gasteiger partial charge in [0, 0.05) is 35.2 Å². The molecule has 1 aliphatic rings. The molecule has 0 spiro atoms. The summed E-state index contributed by atoms with van der Waals surface area (Å²) < 4.78 is 6.88. The van der Waals surface area contributed by atoms with Crippen LogP contribution >= 0.6 is 11.8 Å². The van der Waals surface area contributed by atoms with E-state index >= 15 is 0 Å². The molecule has 0 atom stereocenters. The summed E-state index contributed by atoms with van der Waals surface area (Å²) in [7, 11) is 0. The van der Waals surface area contributed by atoms with Crippen molar-refractivity contribution in [2.45, 2.75) is 31.4 Å². The van der Waals surface area contributed by atoms with Crippen LogP contribution < -0.4 is 10.6 Å². The molecule has 3 heterocycles. The van der Waals surface area contributed by atoms with Gasteiger partial charge in [-0.25, -0.2) is 4.68 Å². The maximum atomic E-state index is 12.8. The fourth-order valence-corrected chi connectivity index (χ4v) is 4.10. The van der Waals surface area contributed by atoms with E-state index in [-0.39, 0.29) is 18.1 Å². The number of benzene rings is 1. The molecule has 0 saturated carbocycles. The van der Waals surface area contributed by atoms with Gasteiger partial charge in [0.05, 0.1) is 5.69 Å². The Morgan fingerprint density at radius 3 is 2.86 bits per heavy atom. The Morgan fingerprint density at radius 2 is 2.07 bits per heavy atom. The number of fused-ring (bicyclic) bond motifs is 1. The Morgan fingerprint density at radius 1 is 1.24 bits per heavy atom. The summed E-state index contributed by atoms with van der Waals surface area (Å²) in [6.07, 6.45) is 0.859. The first-order valence-electron chi connectivity index (χ1n) is 9.42. The highest BCUT2D eigenvalue weighted by Crippen LogP contribution is 2.35. The summed E-state index contributed by atoms with van der Waals surface area (Å²) in [5.74, 6) is 2.05. The Kier molecular flexibility index (Phi) is 5.66. The zero-order valence-electron chi connectivity index (χ0n) is 16.0. The molecule has 0 aliphatic carbocycles. The van der Waals surface area contributed by atoms with E-state index in [1.807, 2.05) is 37.3 Å². The number of carbonyl (C=O) groups is 2. The molecule has 1 aromatic carbocycles. The largest absolute Gasteiger partial charge is 0.355 e. The maximum Gasteiger partial charge on any atom is 0.279 e. The van der Waals surface area contributed by atoms with Gasteiger partial charge in [0.25, 0.3) is 5.91 Å². The lowest BCUT2D eigenvalue weighted by molar-refractivity contribution is -0.121. The van der Waals surface area contributed by atoms with Crippen molar-refractivity contribution in [2.75, 3.05) is 11.9 Å². The molecule has 0 fully saturated rings. The monoisotopic (exact) mass is 411 g/mol. The third-order valence-corrected chi connectivity index (χ3v) is 5.49. The van der Waals surface area contributed by atoms with Crippen molar-refractivity contribution < 1.29 is 14.1 Å². The zero-order chi connectivity index (χ0) is 20.2. The van der Waals surface area contributed by atoms with E-state index in [0.717, 1.165) is 34.7 Å². The predicted octanol–water partition coefficient (Wildman–Crippen LogP) is 3.06. The molecule has 1 aliphatic heterocycles. The standard InChI is InChI=1S/C20H21N5O3S/c1-2-8-21-18(26)10-25-19(14-11-29-12-16(14)23-25)22-20(27)15-9-17(28-24-15)13-6-4-3-5-7-13/h3-7,9H,2,8,10-12H2,1H3,(H,21,26)(H,22,27). The lowest BCUT2D eigenvalue weighted by atomic mass is 10.1. The third kappa shape index (κ3) is 4.19. The van der Waals surface area contributed by atoms with Crippen molar-refractivity contribution in [3.63, 3.8) is 0 Å². The first-order valence-corrected chi connectivity index (χ1v) is 10.6. The summed E-state index contributed by atoms with van der Waals surface area (Å²) in [5.41, 5.74) is 2.87. The van der Waals surface area contributed by atoms with Crippen LogP contribution in [0.2, 0.25) is 0 Å². The molecule has 0 radical (unpaired) electrons. The second-order valence-electron chi connectivity index (χ2n) is 6.67. The van der Waals surface area contributed by atoms with Gasteiger partial charge >= 0.3 is 0 Å². The molecule has 8 nitrogen and oxygen atoms in total. The quantitative estimate of drug-likeness (QED) is 0.620. The fraction of sp³-hybridized carbons (Fsp3) is 0.300. The lowest BCUT2D eigenvalue weighted by Gasteiger charge is -2.10. The van der Waals surface area contributed by atoms with Gasteiger partial charge in [0.1, 0.15) is 12.4 Å². The number of hydrogen-bond donors (Lipinski definition) is 2. The predicted molar refractivity (Wildman–Crippen MR) is 110 cm³/mol. The normalized spacial score (nSPS) is 12.6. The van der Waals surface area contributed by atoms with E-state index in [1.165, 1.54) is 0 Å². The average Bonchev–Trinajstić information content (AvgIpc) is 3.45. The molecule has 4 rings (SSSR count). The summed E-state index contributed by atoms with van der Waals surface area (Å²) in [6.45, 7) is 2.66. The number of anilines is 1. The van der Waals surface area contributed by atoms with E-state index in [0.29, 0.717) is 18.1 Å². The van der Waals surface area contributed by atoms with Crippen molar-refractivity contribution in [2.24, 2.45) is 0 Å². The van der Waals surface area contributed by atoms with E-state index in [1.54, 1.807) is 22.5 Å². The van der Waals surface area contributed by atoms with Crippen LogP contribution in [0.4, 0.5) is 5.82 Å². The van der Waals surface area contributed by atoms with Gasteiger partial charge in [-0.05, 0) is 6.42 Å². The van der Waals surface area contributed by atoms with Crippen molar-refractivity contribution in [3.8, 4) is 11.3 Å². The minimum atomic E-state index is -0.397. The average molecular weight is 411 g/mol. The van der Waals surface area contributed by atoms with E-state index in [2.05, 4.69) is 20.9 Å². The fourth-order valence-electron chi connectivity index (χ4n) is 3.07. The molecule has 0 unspecified atom stereocenters. The van der Waals surface area contributed by atoms with Gasteiger partial charge in [-0.2, -0.15) is 16.9 Å². The minimum absolute atomic E-state index is 0.0569. The van der Waals surface area contributed by atoms with Crippen molar-refractivity contribution in [1.29, 1.82) is 0 Å². The lowest BCUT2D eigenvalue weighted by Crippen LogP contribution is -2.29.